The van der Waals surface area contributed by atoms with Gasteiger partial charge in [-0.05, 0) is 0 Å². The Morgan fingerprint density at radius 2 is 2.50 bits per heavy atom. The van der Waals surface area contributed by atoms with Crippen molar-refractivity contribution in [2.45, 2.75) is 0 Å². The maximum atomic E-state index is 9.97. The molecule has 0 spiro atoms. The third kappa shape index (κ3) is 6.13. The fourth-order valence-electron chi connectivity index (χ4n) is 0.161. The second-order valence-electron chi connectivity index (χ2n) is 0.991. The Morgan fingerprint density at radius 3 is 2.88 bits per heavy atom. The third-order valence-corrected chi connectivity index (χ3v) is 0.612. The third-order valence-electron chi connectivity index (χ3n) is 0.391. The summed E-state index contributed by atoms with van der Waals surface area (Å²) in [5.74, 6) is 0. The van der Waals surface area contributed by atoms with Gasteiger partial charge in [-0.2, -0.15) is 0 Å². The average Bonchev–Trinajstić information content (AvgIpc) is 1.66. The number of hydroxylamine groups is 1. The van der Waals surface area contributed by atoms with Crippen LogP contribution >= 0.6 is 0 Å². The van der Waals surface area contributed by atoms with E-state index in [0.717, 1.165) is 0 Å². The summed E-state index contributed by atoms with van der Waals surface area (Å²) in [5, 5.41) is 0. The normalized spacial score (nSPS) is 8.88. The van der Waals surface area contributed by atoms with Crippen LogP contribution in [0.3, 0.4) is 0 Å². The van der Waals surface area contributed by atoms with Crippen LogP contribution < -0.4 is 11.2 Å². The first-order chi connectivity index (χ1) is 3.77. The first-order valence-corrected chi connectivity index (χ1v) is 3.11. The van der Waals surface area contributed by atoms with Crippen molar-refractivity contribution in [3.63, 3.8) is 0 Å². The molecule has 0 aliphatic rings. The zero-order valence-corrected chi connectivity index (χ0v) is 6.28. The molecule has 5 heteroatoms. The van der Waals surface area contributed by atoms with Crippen LogP contribution in [0.5, 0.6) is 0 Å². The van der Waals surface area contributed by atoms with Gasteiger partial charge >= 0.3 is 59.2 Å². The molecule has 0 saturated carbocycles. The number of nitrogens with one attached hydrogen (secondary N) is 1. The molecule has 8 heavy (non-hydrogen) atoms. The van der Waals surface area contributed by atoms with Crippen molar-refractivity contribution in [3.05, 3.63) is 0 Å². The van der Waals surface area contributed by atoms with Crippen molar-refractivity contribution < 1.29 is 30.7 Å². The van der Waals surface area contributed by atoms with Crippen LogP contribution in [-0.2, 0) is 25.9 Å². The van der Waals surface area contributed by atoms with Crippen LogP contribution in [0.15, 0.2) is 0 Å². The zero-order chi connectivity index (χ0) is 6.41. The molecule has 0 saturated heterocycles. The van der Waals surface area contributed by atoms with Crippen LogP contribution in [0, 0.1) is 0 Å². The minimum absolute atomic E-state index is 0.404. The van der Waals surface area contributed by atoms with E-state index in [4.69, 9.17) is 5.73 Å². The fourth-order valence-corrected chi connectivity index (χ4v) is 0.318. The van der Waals surface area contributed by atoms with E-state index in [9.17, 15) is 4.79 Å². The van der Waals surface area contributed by atoms with E-state index in [1.165, 1.54) is 0 Å². The monoisotopic (exact) mass is 300 g/mol. The molecule has 0 radical (unpaired) electrons. The number of carbonyl (C=O) groups excluding carboxylic acids is 1. The predicted octanol–water partition coefficient (Wildman–Crippen LogP) is -0.867. The topological polar surface area (TPSA) is 64.3 Å². The Labute approximate surface area is 59.6 Å². The van der Waals surface area contributed by atoms with Crippen molar-refractivity contribution in [3.8, 4) is 0 Å². The molecule has 3 N–H and O–H groups in total. The summed E-state index contributed by atoms with van der Waals surface area (Å²) in [4.78, 5) is 14.3. The van der Waals surface area contributed by atoms with Gasteiger partial charge in [0.2, 0.25) is 0 Å². The molecule has 4 nitrogen and oxygen atoms in total. The van der Waals surface area contributed by atoms with Gasteiger partial charge in [0, 0.05) is 0 Å². The van der Waals surface area contributed by atoms with Crippen LogP contribution in [0.25, 0.3) is 0 Å². The number of nitrogens with two attached hydrogens (primary N) is 1. The summed E-state index contributed by atoms with van der Waals surface area (Å²) in [6.45, 7) is 0.950. The molecule has 0 aliphatic carbocycles. The van der Waals surface area contributed by atoms with Gasteiger partial charge in [0.1, 0.15) is 0 Å². The van der Waals surface area contributed by atoms with Gasteiger partial charge in [0.15, 0.2) is 0 Å². The van der Waals surface area contributed by atoms with Crippen LogP contribution in [0.4, 0.5) is 4.79 Å². The van der Waals surface area contributed by atoms with E-state index in [-0.39, 0.29) is 0 Å². The quantitative estimate of drug-likeness (QED) is 0.404. The maximum absolute atomic E-state index is 9.97. The van der Waals surface area contributed by atoms with Gasteiger partial charge in [-0.15, -0.1) is 0 Å². The number of rotatable bonds is 3. The zero-order valence-electron chi connectivity index (χ0n) is 4.11. The second kappa shape index (κ2) is 5.27. The van der Waals surface area contributed by atoms with Gasteiger partial charge in [0.05, 0.1) is 0 Å². The summed E-state index contributed by atoms with van der Waals surface area (Å²) in [6.07, 6.45) is 0. The molecule has 0 fully saturated rings. The predicted molar refractivity (Wildman–Crippen MR) is 23.5 cm³/mol. The van der Waals surface area contributed by atoms with Gasteiger partial charge < -0.3 is 0 Å². The molecule has 0 aromatic heterocycles. The molecule has 0 heterocycles. The molecule has 0 rings (SSSR count). The SMILES string of the molecule is NCCNO[C](=O)[Au]. The fraction of sp³-hybridized carbons (Fsp3) is 0.667. The molecule has 52 valence electrons. The van der Waals surface area contributed by atoms with Crippen molar-refractivity contribution in [2.24, 2.45) is 5.73 Å². The minimum atomic E-state index is -0.404. The Kier molecular flexibility index (Phi) is 5.36. The van der Waals surface area contributed by atoms with Gasteiger partial charge in [0.25, 0.3) is 0 Å². The number of hydrogen-bond acceptors (Lipinski definition) is 4. The Bertz CT molecular complexity index is 77.7. The molecule has 0 bridgehead atoms. The average molecular weight is 300 g/mol. The summed E-state index contributed by atoms with van der Waals surface area (Å²) >= 11 is 1.68. The second-order valence-corrected chi connectivity index (χ2v) is 1.88. The van der Waals surface area contributed by atoms with Crippen molar-refractivity contribution >= 4 is 4.19 Å². The summed E-state index contributed by atoms with van der Waals surface area (Å²) in [7, 11) is 0. The van der Waals surface area contributed by atoms with Gasteiger partial charge in [-0.1, -0.05) is 0 Å². The molecule has 0 aliphatic heterocycles. The van der Waals surface area contributed by atoms with Gasteiger partial charge in [-0.3, -0.25) is 0 Å². The van der Waals surface area contributed by atoms with Crippen LogP contribution in [-0.4, -0.2) is 17.3 Å². The van der Waals surface area contributed by atoms with E-state index < -0.39 is 4.19 Å². The van der Waals surface area contributed by atoms with Gasteiger partial charge in [-0.25, -0.2) is 0 Å². The molecule has 0 amide bonds. The first kappa shape index (κ1) is 8.13. The van der Waals surface area contributed by atoms with E-state index in [1.54, 1.807) is 21.1 Å². The Hall–Kier alpha value is 0.130. The number of carbonyl (C=O) groups is 1. The van der Waals surface area contributed by atoms with E-state index in [1.807, 2.05) is 0 Å². The molecule has 0 unspecified atom stereocenters. The van der Waals surface area contributed by atoms with Crippen molar-refractivity contribution in [1.82, 2.24) is 5.48 Å². The first-order valence-electron chi connectivity index (χ1n) is 2.02. The van der Waals surface area contributed by atoms with Crippen molar-refractivity contribution in [2.75, 3.05) is 13.1 Å². The summed E-state index contributed by atoms with van der Waals surface area (Å²) in [5.41, 5.74) is 7.40. The Morgan fingerprint density at radius 1 is 1.88 bits per heavy atom. The molecular weight excluding hydrogens is 293 g/mol. The number of hydrogen-bond donors (Lipinski definition) is 2. The molecule has 0 aromatic carbocycles. The van der Waals surface area contributed by atoms with E-state index in [2.05, 4.69) is 10.3 Å². The van der Waals surface area contributed by atoms with E-state index in [0.29, 0.717) is 13.1 Å². The molecule has 0 aromatic rings. The standard InChI is InChI=1S/C3H7N2O2.Au/c4-1-2-5-7-3-6;/h5H,1-2,4H2;. The van der Waals surface area contributed by atoms with Crippen LogP contribution in [0.2, 0.25) is 0 Å². The Balaban J connectivity index is 2.82. The van der Waals surface area contributed by atoms with E-state index >= 15 is 0 Å². The van der Waals surface area contributed by atoms with Crippen molar-refractivity contribution in [1.29, 1.82) is 0 Å². The molecule has 0 atom stereocenters. The summed E-state index contributed by atoms with van der Waals surface area (Å²) < 4.78 is -0.404. The summed E-state index contributed by atoms with van der Waals surface area (Å²) in [6, 6.07) is 0. The molecular formula is C3H7AuN2O2. The van der Waals surface area contributed by atoms with Crippen LogP contribution in [0.1, 0.15) is 0 Å².